The van der Waals surface area contributed by atoms with E-state index in [2.05, 4.69) is 19.2 Å². The van der Waals surface area contributed by atoms with Gasteiger partial charge in [-0.25, -0.2) is 9.59 Å². The SMILES string of the molecule is CCCCC(C)NC(=O)N1C(CCC)SCC1C(=O)O. The maximum absolute atomic E-state index is 12.4. The lowest BCUT2D eigenvalue weighted by atomic mass is 10.1. The van der Waals surface area contributed by atoms with Gasteiger partial charge in [0.25, 0.3) is 0 Å². The second-order valence-corrected chi connectivity index (χ2v) is 6.54. The molecule has 0 radical (unpaired) electrons. The van der Waals surface area contributed by atoms with E-state index in [1.165, 1.54) is 4.90 Å². The molecule has 20 heavy (non-hydrogen) atoms. The number of carbonyl (C=O) groups excluding carboxylic acids is 1. The van der Waals surface area contributed by atoms with Crippen LogP contribution < -0.4 is 5.32 Å². The van der Waals surface area contributed by atoms with Crippen molar-refractivity contribution in [3.05, 3.63) is 0 Å². The number of unbranched alkanes of at least 4 members (excludes halogenated alkanes) is 1. The number of aliphatic carboxylic acids is 1. The van der Waals surface area contributed by atoms with Gasteiger partial charge in [0.2, 0.25) is 0 Å². The molecule has 0 aromatic heterocycles. The molecule has 1 heterocycles. The van der Waals surface area contributed by atoms with Crippen molar-refractivity contribution >= 4 is 23.8 Å². The van der Waals surface area contributed by atoms with Crippen molar-refractivity contribution in [2.45, 2.75) is 70.3 Å². The number of urea groups is 1. The Morgan fingerprint density at radius 2 is 2.10 bits per heavy atom. The number of amides is 2. The van der Waals surface area contributed by atoms with Gasteiger partial charge in [-0.2, -0.15) is 0 Å². The third-order valence-electron chi connectivity index (χ3n) is 3.51. The first-order chi connectivity index (χ1) is 9.51. The van der Waals surface area contributed by atoms with E-state index >= 15 is 0 Å². The summed E-state index contributed by atoms with van der Waals surface area (Å²) in [5.41, 5.74) is 0. The summed E-state index contributed by atoms with van der Waals surface area (Å²) in [6, 6.07) is -0.843. The number of nitrogens with one attached hydrogen (secondary N) is 1. The van der Waals surface area contributed by atoms with Crippen LogP contribution in [0.1, 0.15) is 52.9 Å². The molecule has 1 aliphatic heterocycles. The summed E-state index contributed by atoms with van der Waals surface area (Å²) in [6.45, 7) is 6.14. The van der Waals surface area contributed by atoms with Crippen LogP contribution in [0.3, 0.4) is 0 Å². The molecule has 5 nitrogen and oxygen atoms in total. The van der Waals surface area contributed by atoms with Crippen molar-refractivity contribution in [3.8, 4) is 0 Å². The van der Waals surface area contributed by atoms with Crippen LogP contribution >= 0.6 is 11.8 Å². The van der Waals surface area contributed by atoms with E-state index in [0.717, 1.165) is 32.1 Å². The van der Waals surface area contributed by atoms with Gasteiger partial charge in [-0.1, -0.05) is 33.1 Å². The van der Waals surface area contributed by atoms with Gasteiger partial charge in [0.15, 0.2) is 0 Å². The molecule has 0 bridgehead atoms. The number of hydrogen-bond donors (Lipinski definition) is 2. The summed E-state index contributed by atoms with van der Waals surface area (Å²) >= 11 is 1.57. The first-order valence-electron chi connectivity index (χ1n) is 7.44. The molecule has 0 saturated carbocycles. The van der Waals surface area contributed by atoms with E-state index in [-0.39, 0.29) is 17.4 Å². The molecule has 1 aliphatic rings. The summed E-state index contributed by atoms with van der Waals surface area (Å²) in [7, 11) is 0. The van der Waals surface area contributed by atoms with Gasteiger partial charge in [-0.3, -0.25) is 4.90 Å². The normalized spacial score (nSPS) is 23.6. The van der Waals surface area contributed by atoms with Gasteiger partial charge >= 0.3 is 12.0 Å². The summed E-state index contributed by atoms with van der Waals surface area (Å²) in [4.78, 5) is 25.2. The highest BCUT2D eigenvalue weighted by Crippen LogP contribution is 2.32. The zero-order valence-electron chi connectivity index (χ0n) is 12.6. The molecular weight excluding hydrogens is 276 g/mol. The molecule has 0 aliphatic carbocycles. The number of carboxylic acids is 1. The fourth-order valence-electron chi connectivity index (χ4n) is 2.36. The van der Waals surface area contributed by atoms with Crippen molar-refractivity contribution in [1.82, 2.24) is 10.2 Å². The minimum absolute atomic E-state index is 0.0144. The molecule has 116 valence electrons. The molecule has 0 spiro atoms. The third-order valence-corrected chi connectivity index (χ3v) is 4.86. The average molecular weight is 302 g/mol. The minimum atomic E-state index is -0.910. The molecular formula is C14H26N2O3S. The standard InChI is InChI=1S/C14H26N2O3S/c1-4-6-8-10(3)15-14(19)16-11(13(17)18)9-20-12(16)7-5-2/h10-12H,4-9H2,1-3H3,(H,15,19)(H,17,18). The smallest absolute Gasteiger partial charge is 0.327 e. The molecule has 1 saturated heterocycles. The monoisotopic (exact) mass is 302 g/mol. The van der Waals surface area contributed by atoms with Crippen LogP contribution in [0, 0.1) is 0 Å². The zero-order valence-corrected chi connectivity index (χ0v) is 13.4. The van der Waals surface area contributed by atoms with Crippen LogP contribution in [0.25, 0.3) is 0 Å². The van der Waals surface area contributed by atoms with Gasteiger partial charge in [0, 0.05) is 11.8 Å². The Bertz CT molecular complexity index is 338. The molecule has 1 rings (SSSR count). The zero-order chi connectivity index (χ0) is 15.1. The topological polar surface area (TPSA) is 69.6 Å². The first kappa shape index (κ1) is 17.1. The van der Waals surface area contributed by atoms with Crippen LogP contribution in [-0.4, -0.2) is 45.2 Å². The van der Waals surface area contributed by atoms with Gasteiger partial charge in [0.1, 0.15) is 6.04 Å². The Morgan fingerprint density at radius 1 is 1.40 bits per heavy atom. The molecule has 1 fully saturated rings. The van der Waals surface area contributed by atoms with E-state index in [9.17, 15) is 14.7 Å². The number of hydrogen-bond acceptors (Lipinski definition) is 3. The summed E-state index contributed by atoms with van der Waals surface area (Å²) in [5.74, 6) is -0.427. The highest BCUT2D eigenvalue weighted by atomic mass is 32.2. The summed E-state index contributed by atoms with van der Waals surface area (Å²) < 4.78 is 0. The van der Waals surface area contributed by atoms with E-state index in [4.69, 9.17) is 0 Å². The lowest BCUT2D eigenvalue weighted by Crippen LogP contribution is -2.52. The second-order valence-electron chi connectivity index (χ2n) is 5.33. The largest absolute Gasteiger partial charge is 0.480 e. The van der Waals surface area contributed by atoms with Crippen LogP contribution in [0.15, 0.2) is 0 Å². The van der Waals surface area contributed by atoms with Crippen LogP contribution in [-0.2, 0) is 4.79 Å². The van der Waals surface area contributed by atoms with E-state index in [0.29, 0.717) is 5.75 Å². The number of carbonyl (C=O) groups is 2. The molecule has 2 amide bonds. The van der Waals surface area contributed by atoms with Crippen molar-refractivity contribution in [3.63, 3.8) is 0 Å². The molecule has 0 aromatic carbocycles. The Morgan fingerprint density at radius 3 is 2.65 bits per heavy atom. The second kappa shape index (κ2) is 8.39. The van der Waals surface area contributed by atoms with Gasteiger partial charge in [0.05, 0.1) is 5.37 Å². The lowest BCUT2D eigenvalue weighted by Gasteiger charge is -2.29. The lowest BCUT2D eigenvalue weighted by molar-refractivity contribution is -0.141. The van der Waals surface area contributed by atoms with Gasteiger partial charge < -0.3 is 10.4 Å². The minimum Gasteiger partial charge on any atom is -0.480 e. The van der Waals surface area contributed by atoms with Gasteiger partial charge in [-0.05, 0) is 19.8 Å². The fourth-order valence-corrected chi connectivity index (χ4v) is 3.88. The molecule has 2 N–H and O–H groups in total. The van der Waals surface area contributed by atoms with Crippen molar-refractivity contribution in [2.24, 2.45) is 0 Å². The summed E-state index contributed by atoms with van der Waals surface area (Å²) in [6.07, 6.45) is 4.87. The molecule has 6 heteroatoms. The Kier molecular flexibility index (Phi) is 7.19. The van der Waals surface area contributed by atoms with Crippen molar-refractivity contribution < 1.29 is 14.7 Å². The summed E-state index contributed by atoms with van der Waals surface area (Å²) in [5, 5.41) is 12.2. The predicted molar refractivity (Wildman–Crippen MR) is 81.9 cm³/mol. The Labute approximate surface area is 125 Å². The average Bonchev–Trinajstić information content (AvgIpc) is 2.80. The van der Waals surface area contributed by atoms with Crippen molar-refractivity contribution in [2.75, 3.05) is 5.75 Å². The van der Waals surface area contributed by atoms with Crippen LogP contribution in [0.5, 0.6) is 0 Å². The van der Waals surface area contributed by atoms with E-state index in [1.807, 2.05) is 6.92 Å². The van der Waals surface area contributed by atoms with Gasteiger partial charge in [-0.15, -0.1) is 11.8 Å². The number of nitrogens with zero attached hydrogens (tertiary/aromatic N) is 1. The maximum Gasteiger partial charge on any atom is 0.327 e. The predicted octanol–water partition coefficient (Wildman–Crippen LogP) is 2.90. The molecule has 0 aromatic rings. The van der Waals surface area contributed by atoms with Crippen molar-refractivity contribution in [1.29, 1.82) is 0 Å². The van der Waals surface area contributed by atoms with Crippen LogP contribution in [0.4, 0.5) is 4.79 Å². The Hall–Kier alpha value is -0.910. The fraction of sp³-hybridized carbons (Fsp3) is 0.857. The maximum atomic E-state index is 12.4. The van der Waals surface area contributed by atoms with E-state index in [1.54, 1.807) is 11.8 Å². The highest BCUT2D eigenvalue weighted by Gasteiger charge is 2.41. The Balaban J connectivity index is 2.66. The number of rotatable bonds is 7. The van der Waals surface area contributed by atoms with E-state index < -0.39 is 12.0 Å². The quantitative estimate of drug-likeness (QED) is 0.758. The first-order valence-corrected chi connectivity index (χ1v) is 8.49. The third kappa shape index (κ3) is 4.58. The highest BCUT2D eigenvalue weighted by molar-refractivity contribution is 8.00. The number of carboxylic acid groups (broad SMARTS) is 1. The molecule has 3 unspecified atom stereocenters. The molecule has 3 atom stereocenters. The van der Waals surface area contributed by atoms with Crippen LogP contribution in [0.2, 0.25) is 0 Å². The number of thioether (sulfide) groups is 1.